The molecule has 6 heteroatoms. The third kappa shape index (κ3) is 4.42. The molecule has 120 valence electrons. The van der Waals surface area contributed by atoms with Crippen molar-refractivity contribution in [1.82, 2.24) is 0 Å². The van der Waals surface area contributed by atoms with Gasteiger partial charge in [-0.2, -0.15) is 13.2 Å². The minimum atomic E-state index is -5.05. The van der Waals surface area contributed by atoms with Crippen molar-refractivity contribution >= 4 is 12.1 Å². The van der Waals surface area contributed by atoms with Crippen LogP contribution in [-0.4, -0.2) is 18.2 Å². The molecule has 0 saturated heterocycles. The summed E-state index contributed by atoms with van der Waals surface area (Å²) < 4.78 is 42.8. The molecule has 0 aromatic heterocycles. The first-order chi connectivity index (χ1) is 10.9. The molecular formula is C17H13F3O3. The predicted octanol–water partition coefficient (Wildman–Crippen LogP) is 3.68. The lowest BCUT2D eigenvalue weighted by atomic mass is 9.96. The fourth-order valence-electron chi connectivity index (χ4n) is 1.98. The molecule has 1 unspecified atom stereocenters. The molecule has 0 radical (unpaired) electrons. The average Bonchev–Trinajstić information content (AvgIpc) is 2.55. The molecule has 3 nitrogen and oxygen atoms in total. The van der Waals surface area contributed by atoms with Crippen LogP contribution in [0.5, 0.6) is 5.75 Å². The maximum Gasteiger partial charge on any atom is 0.451 e. The van der Waals surface area contributed by atoms with Gasteiger partial charge in [0.2, 0.25) is 0 Å². The highest BCUT2D eigenvalue weighted by atomic mass is 19.4. The van der Waals surface area contributed by atoms with Gasteiger partial charge in [-0.1, -0.05) is 42.5 Å². The van der Waals surface area contributed by atoms with Gasteiger partial charge in [0.05, 0.1) is 0 Å². The van der Waals surface area contributed by atoms with Gasteiger partial charge >= 0.3 is 6.18 Å². The van der Waals surface area contributed by atoms with E-state index in [1.54, 1.807) is 0 Å². The van der Waals surface area contributed by atoms with Crippen molar-refractivity contribution in [3.05, 3.63) is 65.7 Å². The van der Waals surface area contributed by atoms with Crippen LogP contribution in [0.4, 0.5) is 13.2 Å². The fourth-order valence-corrected chi connectivity index (χ4v) is 1.98. The van der Waals surface area contributed by atoms with Crippen LogP contribution in [0.3, 0.4) is 0 Å². The van der Waals surface area contributed by atoms with Gasteiger partial charge in [-0.3, -0.25) is 4.79 Å². The molecule has 0 N–H and O–H groups in total. The van der Waals surface area contributed by atoms with Crippen molar-refractivity contribution in [2.24, 2.45) is 0 Å². The van der Waals surface area contributed by atoms with Gasteiger partial charge in [-0.25, -0.2) is 0 Å². The van der Waals surface area contributed by atoms with Crippen molar-refractivity contribution in [2.45, 2.75) is 18.7 Å². The number of alkyl halides is 3. The Hall–Kier alpha value is -2.63. The van der Waals surface area contributed by atoms with Crippen molar-refractivity contribution in [1.29, 1.82) is 0 Å². The Kier molecular flexibility index (Phi) is 5.16. The summed E-state index contributed by atoms with van der Waals surface area (Å²) in [6, 6.07) is 14.8. The Labute approximate surface area is 130 Å². The van der Waals surface area contributed by atoms with Crippen LogP contribution in [-0.2, 0) is 16.2 Å². The minimum absolute atomic E-state index is 0.00431. The van der Waals surface area contributed by atoms with Crippen LogP contribution < -0.4 is 4.74 Å². The van der Waals surface area contributed by atoms with E-state index in [1.165, 1.54) is 24.3 Å². The lowest BCUT2D eigenvalue weighted by molar-refractivity contribution is -0.172. The Balaban J connectivity index is 2.06. The summed E-state index contributed by atoms with van der Waals surface area (Å²) in [6.45, 7) is 0.304. The Bertz CT molecular complexity index is 664. The fraction of sp³-hybridized carbons (Fsp3) is 0.176. The molecule has 0 aliphatic heterocycles. The number of ether oxygens (including phenoxy) is 1. The van der Waals surface area contributed by atoms with Crippen molar-refractivity contribution in [3.8, 4) is 5.75 Å². The molecule has 1 atom stereocenters. The molecule has 2 rings (SSSR count). The number of benzene rings is 2. The lowest BCUT2D eigenvalue weighted by Crippen LogP contribution is -2.29. The molecule has 0 fully saturated rings. The first-order valence-electron chi connectivity index (χ1n) is 6.75. The number of carbonyl (C=O) groups excluding carboxylic acids is 2. The highest BCUT2D eigenvalue weighted by molar-refractivity contribution is 6.02. The smallest absolute Gasteiger partial charge is 0.451 e. The van der Waals surface area contributed by atoms with Gasteiger partial charge < -0.3 is 9.53 Å². The van der Waals surface area contributed by atoms with Gasteiger partial charge in [-0.15, -0.1) is 0 Å². The van der Waals surface area contributed by atoms with Gasteiger partial charge in [0, 0.05) is 0 Å². The summed E-state index contributed by atoms with van der Waals surface area (Å²) in [6.07, 6.45) is -5.05. The number of rotatable bonds is 6. The summed E-state index contributed by atoms with van der Waals surface area (Å²) in [5, 5.41) is 0. The van der Waals surface area contributed by atoms with Crippen LogP contribution in [0, 0.1) is 0 Å². The zero-order valence-corrected chi connectivity index (χ0v) is 11.9. The average molecular weight is 322 g/mol. The standard InChI is InChI=1S/C17H13F3O3/c18-17(19,20)16(22)15(10-21)13-6-8-14(9-7-13)23-11-12-4-2-1-3-5-12/h1-10,15H,11H2. The third-order valence-electron chi connectivity index (χ3n) is 3.19. The van der Waals surface area contributed by atoms with Crippen LogP contribution in [0.2, 0.25) is 0 Å². The van der Waals surface area contributed by atoms with Gasteiger partial charge in [-0.05, 0) is 23.3 Å². The predicted molar refractivity (Wildman–Crippen MR) is 77.1 cm³/mol. The number of halogens is 3. The lowest BCUT2D eigenvalue weighted by Gasteiger charge is -2.13. The van der Waals surface area contributed by atoms with Gasteiger partial charge in [0.25, 0.3) is 5.78 Å². The van der Waals surface area contributed by atoms with E-state index in [4.69, 9.17) is 4.74 Å². The van der Waals surface area contributed by atoms with Gasteiger partial charge in [0.15, 0.2) is 0 Å². The van der Waals surface area contributed by atoms with Crippen LogP contribution in [0.25, 0.3) is 0 Å². The molecule has 0 aliphatic rings. The van der Waals surface area contributed by atoms with Gasteiger partial charge in [0.1, 0.15) is 24.6 Å². The summed E-state index contributed by atoms with van der Waals surface area (Å²) in [5.41, 5.74) is 0.920. The van der Waals surface area contributed by atoms with E-state index in [1.807, 2.05) is 30.3 Å². The summed E-state index contributed by atoms with van der Waals surface area (Å²) in [4.78, 5) is 22.0. The second-order valence-corrected chi connectivity index (χ2v) is 4.82. The van der Waals surface area contributed by atoms with Crippen molar-refractivity contribution in [3.63, 3.8) is 0 Å². The van der Waals surface area contributed by atoms with E-state index < -0.39 is 17.9 Å². The summed E-state index contributed by atoms with van der Waals surface area (Å²) in [7, 11) is 0. The van der Waals surface area contributed by atoms with E-state index >= 15 is 0 Å². The summed E-state index contributed by atoms with van der Waals surface area (Å²) >= 11 is 0. The Morgan fingerprint density at radius 1 is 1.04 bits per heavy atom. The number of hydrogen-bond acceptors (Lipinski definition) is 3. The van der Waals surface area contributed by atoms with E-state index in [0.29, 0.717) is 12.4 Å². The zero-order chi connectivity index (χ0) is 16.9. The van der Waals surface area contributed by atoms with Crippen molar-refractivity contribution in [2.75, 3.05) is 0 Å². The van der Waals surface area contributed by atoms with Crippen LogP contribution in [0.15, 0.2) is 54.6 Å². The monoisotopic (exact) mass is 322 g/mol. The van der Waals surface area contributed by atoms with E-state index in [9.17, 15) is 22.8 Å². The molecule has 2 aromatic rings. The number of carbonyl (C=O) groups is 2. The molecule has 0 heterocycles. The van der Waals surface area contributed by atoms with E-state index in [0.717, 1.165) is 5.56 Å². The second kappa shape index (κ2) is 7.09. The molecule has 2 aromatic carbocycles. The first kappa shape index (κ1) is 16.7. The number of Topliss-reactive ketones (excluding diaryl/α,β-unsaturated/α-hetero) is 1. The minimum Gasteiger partial charge on any atom is -0.489 e. The highest BCUT2D eigenvalue weighted by Gasteiger charge is 2.43. The number of aldehydes is 1. The Morgan fingerprint density at radius 3 is 2.17 bits per heavy atom. The molecule has 23 heavy (non-hydrogen) atoms. The maximum atomic E-state index is 12.4. The third-order valence-corrected chi connectivity index (χ3v) is 3.19. The number of ketones is 1. The quantitative estimate of drug-likeness (QED) is 0.602. The topological polar surface area (TPSA) is 43.4 Å². The van der Waals surface area contributed by atoms with E-state index in [2.05, 4.69) is 0 Å². The highest BCUT2D eigenvalue weighted by Crippen LogP contribution is 2.27. The molecule has 0 saturated carbocycles. The van der Waals surface area contributed by atoms with Crippen LogP contribution >= 0.6 is 0 Å². The zero-order valence-electron chi connectivity index (χ0n) is 11.9. The Morgan fingerprint density at radius 2 is 1.65 bits per heavy atom. The first-order valence-corrected chi connectivity index (χ1v) is 6.75. The SMILES string of the molecule is O=CC(C(=O)C(F)(F)F)c1ccc(OCc2ccccc2)cc1. The van der Waals surface area contributed by atoms with E-state index in [-0.39, 0.29) is 11.8 Å². The summed E-state index contributed by atoms with van der Waals surface area (Å²) in [5.74, 6) is -3.50. The molecule has 0 spiro atoms. The normalized spacial score (nSPS) is 12.5. The molecular weight excluding hydrogens is 309 g/mol. The molecule has 0 bridgehead atoms. The number of hydrogen-bond donors (Lipinski definition) is 0. The molecule has 0 amide bonds. The second-order valence-electron chi connectivity index (χ2n) is 4.82. The molecule has 0 aliphatic carbocycles. The maximum absolute atomic E-state index is 12.4. The largest absolute Gasteiger partial charge is 0.489 e. The van der Waals surface area contributed by atoms with Crippen molar-refractivity contribution < 1.29 is 27.5 Å². The van der Waals surface area contributed by atoms with Crippen LogP contribution in [0.1, 0.15) is 17.0 Å².